The molecule has 1 aromatic rings. The normalized spacial score (nSPS) is 15.4. The molecule has 3 N–H and O–H groups in total. The van der Waals surface area contributed by atoms with E-state index in [1.807, 2.05) is 6.92 Å². The van der Waals surface area contributed by atoms with Crippen LogP contribution in [0.2, 0.25) is 0 Å². The second kappa shape index (κ2) is 10.4. The Hall–Kier alpha value is -2.71. The number of aryl methyl sites for hydroxylation is 1. The number of likely N-dealkylation sites (tertiary alicyclic amines) is 1. The summed E-state index contributed by atoms with van der Waals surface area (Å²) in [6.45, 7) is 4.39. The summed E-state index contributed by atoms with van der Waals surface area (Å²) >= 11 is 0. The van der Waals surface area contributed by atoms with Gasteiger partial charge in [0.1, 0.15) is 0 Å². The number of hydrogen-bond donors (Lipinski definition) is 3. The van der Waals surface area contributed by atoms with E-state index in [0.717, 1.165) is 30.8 Å². The largest absolute Gasteiger partial charge is 0.459 e. The monoisotopic (exact) mass is 379 g/mol. The number of carbonyl (C=O) groups is 2. The number of methoxy groups -OCH3 is 1. The number of ether oxygens (including phenoxy) is 1. The summed E-state index contributed by atoms with van der Waals surface area (Å²) in [7, 11) is 3.12. The van der Waals surface area contributed by atoms with Crippen LogP contribution < -0.4 is 16.0 Å². The summed E-state index contributed by atoms with van der Waals surface area (Å²) in [4.78, 5) is 29.4. The highest BCUT2D eigenvalue weighted by Gasteiger charge is 2.23. The molecule has 2 rings (SSSR count). The quantitative estimate of drug-likeness (QED) is 0.388. The van der Waals surface area contributed by atoms with Gasteiger partial charge in [0.05, 0.1) is 13.4 Å². The number of carbonyl (C=O) groups excluding carboxylic acids is 2. The highest BCUT2D eigenvalue weighted by atomic mass is 16.5. The lowest BCUT2D eigenvalue weighted by molar-refractivity contribution is 0.0924. The van der Waals surface area contributed by atoms with Gasteiger partial charge in [-0.05, 0) is 32.3 Å². The van der Waals surface area contributed by atoms with E-state index in [1.54, 1.807) is 18.0 Å². The number of aliphatic imine (C=N–C) groups is 1. The number of piperidine rings is 1. The van der Waals surface area contributed by atoms with Crippen LogP contribution in [0.3, 0.4) is 0 Å². The van der Waals surface area contributed by atoms with Gasteiger partial charge < -0.3 is 30.0 Å². The minimum Gasteiger partial charge on any atom is -0.459 e. The lowest BCUT2D eigenvalue weighted by Gasteiger charge is -2.32. The molecule has 150 valence electrons. The predicted molar refractivity (Wildman–Crippen MR) is 102 cm³/mol. The lowest BCUT2D eigenvalue weighted by atomic mass is 10.1. The van der Waals surface area contributed by atoms with E-state index in [-0.39, 0.29) is 18.0 Å². The molecule has 0 atom stereocenters. The zero-order valence-electron chi connectivity index (χ0n) is 16.2. The van der Waals surface area contributed by atoms with Crippen molar-refractivity contribution in [2.75, 3.05) is 40.3 Å². The topological polar surface area (TPSA) is 108 Å². The van der Waals surface area contributed by atoms with E-state index in [4.69, 9.17) is 9.15 Å². The van der Waals surface area contributed by atoms with Crippen LogP contribution in [0, 0.1) is 6.92 Å². The second-order valence-corrected chi connectivity index (χ2v) is 6.42. The number of guanidine groups is 1. The van der Waals surface area contributed by atoms with Crippen molar-refractivity contribution in [3.8, 4) is 0 Å². The maximum atomic E-state index is 11.9. The Morgan fingerprint density at radius 1 is 1.30 bits per heavy atom. The van der Waals surface area contributed by atoms with E-state index in [0.29, 0.717) is 31.9 Å². The fraction of sp³-hybridized carbons (Fsp3) is 0.611. The highest BCUT2D eigenvalue weighted by molar-refractivity contribution is 5.92. The molecular formula is C18H29N5O4. The molecule has 1 fully saturated rings. The van der Waals surface area contributed by atoms with Crippen molar-refractivity contribution < 1.29 is 18.7 Å². The van der Waals surface area contributed by atoms with Crippen LogP contribution in [0.1, 0.15) is 35.4 Å². The fourth-order valence-electron chi connectivity index (χ4n) is 2.91. The van der Waals surface area contributed by atoms with Crippen molar-refractivity contribution in [1.29, 1.82) is 0 Å². The standard InChI is InChI=1S/C18H29N5O4/c1-13-7-12-27-15(13)16(24)20-8-4-9-21-17(19-2)22-14-5-10-23(11-6-14)18(25)26-3/h7,12,14H,4-6,8-11H2,1-3H3,(H,20,24)(H2,19,21,22). The molecule has 2 amide bonds. The zero-order valence-corrected chi connectivity index (χ0v) is 16.2. The summed E-state index contributed by atoms with van der Waals surface area (Å²) in [5.41, 5.74) is 0.827. The van der Waals surface area contributed by atoms with Crippen LogP contribution in [0.15, 0.2) is 21.7 Å². The van der Waals surface area contributed by atoms with Crippen LogP contribution in [-0.2, 0) is 4.74 Å². The molecule has 1 aliphatic heterocycles. The first kappa shape index (κ1) is 20.6. The van der Waals surface area contributed by atoms with E-state index in [1.165, 1.54) is 13.4 Å². The molecule has 1 aromatic heterocycles. The SMILES string of the molecule is CN=C(NCCCNC(=O)c1occc1C)NC1CCN(C(=O)OC)CC1. The molecule has 27 heavy (non-hydrogen) atoms. The molecule has 0 aromatic carbocycles. The summed E-state index contributed by atoms with van der Waals surface area (Å²) in [6.07, 6.45) is 3.68. The molecule has 0 unspecified atom stereocenters. The smallest absolute Gasteiger partial charge is 0.409 e. The number of nitrogens with zero attached hydrogens (tertiary/aromatic N) is 2. The number of amides is 2. The molecule has 2 heterocycles. The van der Waals surface area contributed by atoms with Gasteiger partial charge in [0, 0.05) is 44.8 Å². The zero-order chi connectivity index (χ0) is 19.6. The third-order valence-corrected chi connectivity index (χ3v) is 4.49. The van der Waals surface area contributed by atoms with Crippen LogP contribution in [0.4, 0.5) is 4.79 Å². The Morgan fingerprint density at radius 2 is 2.00 bits per heavy atom. The van der Waals surface area contributed by atoms with Gasteiger partial charge in [0.25, 0.3) is 5.91 Å². The second-order valence-electron chi connectivity index (χ2n) is 6.42. The van der Waals surface area contributed by atoms with Crippen LogP contribution in [-0.4, -0.2) is 69.2 Å². The first-order valence-corrected chi connectivity index (χ1v) is 9.17. The van der Waals surface area contributed by atoms with Gasteiger partial charge in [-0.25, -0.2) is 4.79 Å². The van der Waals surface area contributed by atoms with Gasteiger partial charge in [0.2, 0.25) is 0 Å². The average Bonchev–Trinajstić information content (AvgIpc) is 3.12. The summed E-state index contributed by atoms with van der Waals surface area (Å²) in [5, 5.41) is 9.45. The van der Waals surface area contributed by atoms with Gasteiger partial charge in [-0.15, -0.1) is 0 Å². The first-order valence-electron chi connectivity index (χ1n) is 9.17. The van der Waals surface area contributed by atoms with Crippen molar-refractivity contribution in [3.63, 3.8) is 0 Å². The van der Waals surface area contributed by atoms with Gasteiger partial charge in [-0.2, -0.15) is 0 Å². The van der Waals surface area contributed by atoms with Crippen molar-refractivity contribution in [2.24, 2.45) is 4.99 Å². The first-order chi connectivity index (χ1) is 13.0. The fourth-order valence-corrected chi connectivity index (χ4v) is 2.91. The summed E-state index contributed by atoms with van der Waals surface area (Å²) in [6, 6.07) is 2.03. The maximum absolute atomic E-state index is 11.9. The predicted octanol–water partition coefficient (Wildman–Crippen LogP) is 1.10. The Kier molecular flexibility index (Phi) is 7.97. The average molecular weight is 379 g/mol. The Balaban J connectivity index is 1.61. The maximum Gasteiger partial charge on any atom is 0.409 e. The molecule has 0 radical (unpaired) electrons. The number of nitrogens with one attached hydrogen (secondary N) is 3. The summed E-state index contributed by atoms with van der Waals surface area (Å²) < 4.78 is 9.91. The Morgan fingerprint density at radius 3 is 2.59 bits per heavy atom. The van der Waals surface area contributed by atoms with Crippen LogP contribution >= 0.6 is 0 Å². The molecule has 0 spiro atoms. The van der Waals surface area contributed by atoms with E-state index < -0.39 is 0 Å². The number of rotatable bonds is 6. The number of furan rings is 1. The van der Waals surface area contributed by atoms with Crippen molar-refractivity contribution in [2.45, 2.75) is 32.2 Å². The van der Waals surface area contributed by atoms with E-state index in [9.17, 15) is 9.59 Å². The Labute approximate surface area is 159 Å². The molecule has 1 aliphatic rings. The van der Waals surface area contributed by atoms with Gasteiger partial charge in [0.15, 0.2) is 11.7 Å². The molecular weight excluding hydrogens is 350 g/mol. The van der Waals surface area contributed by atoms with E-state index in [2.05, 4.69) is 20.9 Å². The Bertz CT molecular complexity index is 650. The molecule has 0 saturated carbocycles. The third kappa shape index (κ3) is 6.19. The molecule has 9 heteroatoms. The molecule has 9 nitrogen and oxygen atoms in total. The minimum atomic E-state index is -0.275. The van der Waals surface area contributed by atoms with Crippen LogP contribution in [0.25, 0.3) is 0 Å². The van der Waals surface area contributed by atoms with Crippen molar-refractivity contribution >= 4 is 18.0 Å². The van der Waals surface area contributed by atoms with Crippen molar-refractivity contribution in [1.82, 2.24) is 20.9 Å². The van der Waals surface area contributed by atoms with Gasteiger partial charge >= 0.3 is 6.09 Å². The summed E-state index contributed by atoms with van der Waals surface area (Å²) in [5.74, 6) is 0.885. The van der Waals surface area contributed by atoms with Gasteiger partial charge in [-0.3, -0.25) is 9.79 Å². The molecule has 0 bridgehead atoms. The van der Waals surface area contributed by atoms with Gasteiger partial charge in [-0.1, -0.05) is 0 Å². The molecule has 0 aliphatic carbocycles. The van der Waals surface area contributed by atoms with Crippen LogP contribution in [0.5, 0.6) is 0 Å². The van der Waals surface area contributed by atoms with E-state index >= 15 is 0 Å². The number of hydrogen-bond acceptors (Lipinski definition) is 5. The third-order valence-electron chi connectivity index (χ3n) is 4.49. The van der Waals surface area contributed by atoms with Crippen molar-refractivity contribution in [3.05, 3.63) is 23.7 Å². The highest BCUT2D eigenvalue weighted by Crippen LogP contribution is 2.11. The molecule has 1 saturated heterocycles. The minimum absolute atomic E-state index is 0.197. The lowest BCUT2D eigenvalue weighted by Crippen LogP contribution is -2.50.